The van der Waals surface area contributed by atoms with Crippen LogP contribution in [0.3, 0.4) is 0 Å². The molecule has 0 aromatic heterocycles. The summed E-state index contributed by atoms with van der Waals surface area (Å²) < 4.78 is 19.8. The summed E-state index contributed by atoms with van der Waals surface area (Å²) in [6.07, 6.45) is 2.53. The predicted octanol–water partition coefficient (Wildman–Crippen LogP) is 2.09. The summed E-state index contributed by atoms with van der Waals surface area (Å²) in [5.41, 5.74) is 1.79. The molecule has 2 aliphatic rings. The van der Waals surface area contributed by atoms with Gasteiger partial charge in [-0.05, 0) is 56.6 Å². The molecule has 1 aromatic carbocycles. The van der Waals surface area contributed by atoms with Gasteiger partial charge in [-0.25, -0.2) is 4.39 Å². The highest BCUT2D eigenvalue weighted by Gasteiger charge is 2.20. The van der Waals surface area contributed by atoms with Crippen LogP contribution in [0.2, 0.25) is 0 Å². The lowest BCUT2D eigenvalue weighted by Gasteiger charge is -2.33. The van der Waals surface area contributed by atoms with Crippen molar-refractivity contribution in [1.29, 1.82) is 0 Å². The monoisotopic (exact) mass is 321 g/mol. The van der Waals surface area contributed by atoms with Crippen LogP contribution in [-0.4, -0.2) is 57.9 Å². The molecule has 1 N–H and O–H groups in total. The number of morpholine rings is 1. The fourth-order valence-electron chi connectivity index (χ4n) is 3.72. The summed E-state index contributed by atoms with van der Waals surface area (Å²) in [5.74, 6) is 0.611. The Morgan fingerprint density at radius 3 is 2.83 bits per heavy atom. The minimum absolute atomic E-state index is 0.104. The zero-order valence-electron chi connectivity index (χ0n) is 14.1. The predicted molar refractivity (Wildman–Crippen MR) is 91.4 cm³/mol. The average Bonchev–Trinajstić information content (AvgIpc) is 2.56. The van der Waals surface area contributed by atoms with Gasteiger partial charge in [0.25, 0.3) is 0 Å². The van der Waals surface area contributed by atoms with E-state index in [2.05, 4.69) is 21.2 Å². The SMILES string of the molecule is CNC[C@@H]1CCCN(Cc2ccc(N3CCOCC3)c(F)c2)C1. The summed E-state index contributed by atoms with van der Waals surface area (Å²) in [7, 11) is 2.01. The molecule has 128 valence electrons. The number of hydrogen-bond donors (Lipinski definition) is 1. The first kappa shape index (κ1) is 16.7. The fourth-order valence-corrected chi connectivity index (χ4v) is 3.72. The van der Waals surface area contributed by atoms with Crippen LogP contribution < -0.4 is 10.2 Å². The number of rotatable bonds is 5. The van der Waals surface area contributed by atoms with Gasteiger partial charge in [-0.1, -0.05) is 6.07 Å². The molecular formula is C18H28FN3O. The van der Waals surface area contributed by atoms with Crippen molar-refractivity contribution in [2.45, 2.75) is 19.4 Å². The second-order valence-corrected chi connectivity index (χ2v) is 6.69. The summed E-state index contributed by atoms with van der Waals surface area (Å²) in [6.45, 7) is 7.05. The largest absolute Gasteiger partial charge is 0.378 e. The molecule has 0 spiro atoms. The van der Waals surface area contributed by atoms with Crippen LogP contribution in [0, 0.1) is 11.7 Å². The molecule has 0 radical (unpaired) electrons. The van der Waals surface area contributed by atoms with Crippen molar-refractivity contribution in [3.05, 3.63) is 29.6 Å². The molecule has 2 heterocycles. The maximum Gasteiger partial charge on any atom is 0.146 e. The maximum absolute atomic E-state index is 14.5. The highest BCUT2D eigenvalue weighted by atomic mass is 19.1. The smallest absolute Gasteiger partial charge is 0.146 e. The minimum Gasteiger partial charge on any atom is -0.378 e. The third-order valence-corrected chi connectivity index (χ3v) is 4.87. The molecule has 1 aromatic rings. The summed E-state index contributed by atoms with van der Waals surface area (Å²) in [4.78, 5) is 4.53. The molecule has 3 rings (SSSR count). The second-order valence-electron chi connectivity index (χ2n) is 6.69. The fraction of sp³-hybridized carbons (Fsp3) is 0.667. The second kappa shape index (κ2) is 8.08. The van der Waals surface area contributed by atoms with E-state index in [1.807, 2.05) is 13.1 Å². The average molecular weight is 321 g/mol. The van der Waals surface area contributed by atoms with Crippen molar-refractivity contribution in [2.24, 2.45) is 5.92 Å². The third-order valence-electron chi connectivity index (χ3n) is 4.87. The Kier molecular flexibility index (Phi) is 5.86. The van der Waals surface area contributed by atoms with Gasteiger partial charge in [-0.2, -0.15) is 0 Å². The number of ether oxygens (including phenoxy) is 1. The third kappa shape index (κ3) is 4.43. The molecular weight excluding hydrogens is 293 g/mol. The number of halogens is 1. The first-order chi connectivity index (χ1) is 11.3. The van der Waals surface area contributed by atoms with Crippen molar-refractivity contribution >= 4 is 5.69 Å². The van der Waals surface area contributed by atoms with Gasteiger partial charge in [0.05, 0.1) is 18.9 Å². The molecule has 0 saturated carbocycles. The van der Waals surface area contributed by atoms with Crippen molar-refractivity contribution in [2.75, 3.05) is 57.9 Å². The number of likely N-dealkylation sites (tertiary alicyclic amines) is 1. The van der Waals surface area contributed by atoms with Crippen molar-refractivity contribution in [3.8, 4) is 0 Å². The van der Waals surface area contributed by atoms with Crippen LogP contribution in [-0.2, 0) is 11.3 Å². The molecule has 2 aliphatic heterocycles. The van der Waals surface area contributed by atoms with E-state index < -0.39 is 0 Å². The first-order valence-electron chi connectivity index (χ1n) is 8.74. The lowest BCUT2D eigenvalue weighted by molar-refractivity contribution is 0.122. The Labute approximate surface area is 138 Å². The van der Waals surface area contributed by atoms with E-state index in [0.29, 0.717) is 24.8 Å². The van der Waals surface area contributed by atoms with Gasteiger partial charge in [0.2, 0.25) is 0 Å². The Bertz CT molecular complexity index is 503. The summed E-state index contributed by atoms with van der Waals surface area (Å²) in [5, 5.41) is 3.27. The molecule has 0 unspecified atom stereocenters. The number of nitrogens with one attached hydrogen (secondary N) is 1. The quantitative estimate of drug-likeness (QED) is 0.899. The lowest BCUT2D eigenvalue weighted by Crippen LogP contribution is -2.38. The number of piperidine rings is 1. The molecule has 1 atom stereocenters. The Hall–Kier alpha value is -1.17. The summed E-state index contributed by atoms with van der Waals surface area (Å²) >= 11 is 0. The minimum atomic E-state index is -0.104. The van der Waals surface area contributed by atoms with Gasteiger partial charge >= 0.3 is 0 Å². The zero-order chi connectivity index (χ0) is 16.1. The molecule has 2 fully saturated rings. The van der Waals surface area contributed by atoms with Gasteiger partial charge in [0.1, 0.15) is 5.82 Å². The van der Waals surface area contributed by atoms with E-state index in [1.54, 1.807) is 6.07 Å². The van der Waals surface area contributed by atoms with E-state index in [4.69, 9.17) is 4.74 Å². The molecule has 5 heteroatoms. The Balaban J connectivity index is 1.61. The normalized spacial score (nSPS) is 23.2. The van der Waals surface area contributed by atoms with Gasteiger partial charge < -0.3 is 15.0 Å². The van der Waals surface area contributed by atoms with Gasteiger partial charge in [0, 0.05) is 26.2 Å². The lowest BCUT2D eigenvalue weighted by atomic mass is 9.97. The van der Waals surface area contributed by atoms with Crippen molar-refractivity contribution < 1.29 is 9.13 Å². The number of nitrogens with zero attached hydrogens (tertiary/aromatic N) is 2. The van der Waals surface area contributed by atoms with Crippen LogP contribution in [0.4, 0.5) is 10.1 Å². The first-order valence-corrected chi connectivity index (χ1v) is 8.74. The molecule has 0 aliphatic carbocycles. The van der Waals surface area contributed by atoms with Crippen LogP contribution >= 0.6 is 0 Å². The van der Waals surface area contributed by atoms with Gasteiger partial charge in [-0.15, -0.1) is 0 Å². The van der Waals surface area contributed by atoms with E-state index in [0.717, 1.165) is 44.8 Å². The Morgan fingerprint density at radius 1 is 1.26 bits per heavy atom. The van der Waals surface area contributed by atoms with Crippen molar-refractivity contribution in [1.82, 2.24) is 10.2 Å². The van der Waals surface area contributed by atoms with Crippen LogP contribution in [0.1, 0.15) is 18.4 Å². The Morgan fingerprint density at radius 2 is 2.09 bits per heavy atom. The topological polar surface area (TPSA) is 27.7 Å². The summed E-state index contributed by atoms with van der Waals surface area (Å²) in [6, 6.07) is 5.73. The standard InChI is InChI=1S/C18H28FN3O/c1-20-12-16-3-2-6-21(14-16)13-15-4-5-18(17(19)11-15)22-7-9-23-10-8-22/h4-5,11,16,20H,2-3,6-10,12-14H2,1H3/t16-/m0/s1. The molecule has 2 saturated heterocycles. The van der Waals surface area contributed by atoms with E-state index >= 15 is 0 Å². The van der Waals surface area contributed by atoms with E-state index in [9.17, 15) is 4.39 Å². The zero-order valence-corrected chi connectivity index (χ0v) is 14.1. The van der Waals surface area contributed by atoms with Gasteiger partial charge in [-0.3, -0.25) is 4.90 Å². The van der Waals surface area contributed by atoms with Crippen LogP contribution in [0.25, 0.3) is 0 Å². The molecule has 23 heavy (non-hydrogen) atoms. The van der Waals surface area contributed by atoms with Crippen molar-refractivity contribution in [3.63, 3.8) is 0 Å². The van der Waals surface area contributed by atoms with Crippen LogP contribution in [0.15, 0.2) is 18.2 Å². The number of benzene rings is 1. The molecule has 0 amide bonds. The number of hydrogen-bond acceptors (Lipinski definition) is 4. The van der Waals surface area contributed by atoms with E-state index in [1.165, 1.54) is 12.8 Å². The molecule has 0 bridgehead atoms. The van der Waals surface area contributed by atoms with Gasteiger partial charge in [0.15, 0.2) is 0 Å². The number of anilines is 1. The van der Waals surface area contributed by atoms with E-state index in [-0.39, 0.29) is 5.82 Å². The maximum atomic E-state index is 14.5. The molecule has 4 nitrogen and oxygen atoms in total. The highest BCUT2D eigenvalue weighted by Crippen LogP contribution is 2.23. The highest BCUT2D eigenvalue weighted by molar-refractivity contribution is 5.49. The van der Waals surface area contributed by atoms with Crippen LogP contribution in [0.5, 0.6) is 0 Å².